The van der Waals surface area contributed by atoms with Crippen molar-refractivity contribution < 1.29 is 0 Å². The summed E-state index contributed by atoms with van der Waals surface area (Å²) in [6.45, 7) is 4.14. The minimum atomic E-state index is -0.302. The van der Waals surface area contributed by atoms with E-state index in [1.807, 2.05) is 13.0 Å². The van der Waals surface area contributed by atoms with E-state index in [-0.39, 0.29) is 11.1 Å². The van der Waals surface area contributed by atoms with Gasteiger partial charge in [0.05, 0.1) is 0 Å². The first-order valence-corrected chi connectivity index (χ1v) is 5.38. The van der Waals surface area contributed by atoms with Gasteiger partial charge in [0, 0.05) is 6.04 Å². The third-order valence-corrected chi connectivity index (χ3v) is 2.72. The Bertz CT molecular complexity index is 387. The number of nitrogens with one attached hydrogen (secondary N) is 2. The van der Waals surface area contributed by atoms with Gasteiger partial charge in [-0.2, -0.15) is 5.26 Å². The van der Waals surface area contributed by atoms with Crippen molar-refractivity contribution in [2.45, 2.75) is 32.7 Å². The Kier molecular flexibility index (Phi) is 3.72. The first-order valence-electron chi connectivity index (χ1n) is 4.57. The number of anilines is 1. The number of rotatable bonds is 4. The summed E-state index contributed by atoms with van der Waals surface area (Å²) in [5, 5.41) is 12.5. The predicted octanol–water partition coefficient (Wildman–Crippen LogP) is 1.91. The van der Waals surface area contributed by atoms with Crippen molar-refractivity contribution in [2.24, 2.45) is 0 Å². The van der Waals surface area contributed by atoms with E-state index in [1.165, 1.54) is 11.5 Å². The Morgan fingerprint density at radius 3 is 3.00 bits per heavy atom. The van der Waals surface area contributed by atoms with E-state index in [0.29, 0.717) is 11.0 Å². The third-order valence-electron chi connectivity index (χ3n) is 1.91. The molecule has 0 spiro atoms. The second kappa shape index (κ2) is 4.82. The van der Waals surface area contributed by atoms with Crippen LogP contribution in [0.4, 0.5) is 5.00 Å². The number of hydrogen-bond acceptors (Lipinski definition) is 4. The second-order valence-electron chi connectivity index (χ2n) is 3.18. The lowest BCUT2D eigenvalue weighted by atomic mass is 10.2. The predicted molar refractivity (Wildman–Crippen MR) is 57.6 cm³/mol. The van der Waals surface area contributed by atoms with Crippen LogP contribution in [0.5, 0.6) is 0 Å². The van der Waals surface area contributed by atoms with Crippen LogP contribution in [0.25, 0.3) is 0 Å². The molecule has 0 aromatic carbocycles. The van der Waals surface area contributed by atoms with Crippen molar-refractivity contribution in [3.05, 3.63) is 15.9 Å². The summed E-state index contributed by atoms with van der Waals surface area (Å²) in [5.74, 6) is 0. The highest BCUT2D eigenvalue weighted by molar-refractivity contribution is 7.10. The van der Waals surface area contributed by atoms with Crippen molar-refractivity contribution in [3.8, 4) is 6.07 Å². The maximum absolute atomic E-state index is 11.1. The molecule has 0 aliphatic rings. The Hall–Kier alpha value is -1.28. The molecule has 1 unspecified atom stereocenters. The largest absolute Gasteiger partial charge is 0.372 e. The highest BCUT2D eigenvalue weighted by Crippen LogP contribution is 2.17. The summed E-state index contributed by atoms with van der Waals surface area (Å²) in [4.78, 5) is 11.1. The lowest BCUT2D eigenvalue weighted by Gasteiger charge is -2.11. The Balaban J connectivity index is 2.77. The smallest absolute Gasteiger partial charge is 0.278 e. The Morgan fingerprint density at radius 2 is 2.43 bits per heavy atom. The van der Waals surface area contributed by atoms with Crippen molar-refractivity contribution in [2.75, 3.05) is 5.32 Å². The van der Waals surface area contributed by atoms with Crippen LogP contribution in [-0.4, -0.2) is 10.4 Å². The number of H-pyrrole nitrogens is 1. The van der Waals surface area contributed by atoms with E-state index < -0.39 is 0 Å². The first kappa shape index (κ1) is 10.8. The van der Waals surface area contributed by atoms with E-state index >= 15 is 0 Å². The van der Waals surface area contributed by atoms with Crippen molar-refractivity contribution in [1.29, 1.82) is 5.26 Å². The third kappa shape index (κ3) is 2.36. The molecule has 1 aromatic rings. The fraction of sp³-hybridized carbons (Fsp3) is 0.556. The quantitative estimate of drug-likeness (QED) is 0.799. The maximum atomic E-state index is 11.1. The summed E-state index contributed by atoms with van der Waals surface area (Å²) in [5.41, 5.74) is -0.110. The van der Waals surface area contributed by atoms with E-state index in [9.17, 15) is 4.79 Å². The van der Waals surface area contributed by atoms with Crippen LogP contribution in [-0.2, 0) is 0 Å². The van der Waals surface area contributed by atoms with Gasteiger partial charge in [0.15, 0.2) is 5.56 Å². The lowest BCUT2D eigenvalue weighted by Crippen LogP contribution is -2.15. The van der Waals surface area contributed by atoms with Crippen LogP contribution in [0.2, 0.25) is 0 Å². The van der Waals surface area contributed by atoms with Crippen molar-refractivity contribution in [1.82, 2.24) is 4.37 Å². The molecule has 0 radical (unpaired) electrons. The highest BCUT2D eigenvalue weighted by atomic mass is 32.1. The van der Waals surface area contributed by atoms with E-state index in [2.05, 4.69) is 16.6 Å². The van der Waals surface area contributed by atoms with Gasteiger partial charge in [-0.25, -0.2) is 0 Å². The highest BCUT2D eigenvalue weighted by Gasteiger charge is 2.11. The Morgan fingerprint density at radius 1 is 1.71 bits per heavy atom. The molecule has 0 fully saturated rings. The molecule has 1 atom stereocenters. The molecule has 14 heavy (non-hydrogen) atoms. The average Bonchev–Trinajstić information content (AvgIpc) is 2.47. The van der Waals surface area contributed by atoms with Gasteiger partial charge in [0.25, 0.3) is 5.56 Å². The van der Waals surface area contributed by atoms with Gasteiger partial charge in [-0.1, -0.05) is 13.3 Å². The number of nitriles is 1. The summed E-state index contributed by atoms with van der Waals surface area (Å²) < 4.78 is 2.54. The molecule has 1 aromatic heterocycles. The minimum absolute atomic E-state index is 0.193. The molecule has 1 heterocycles. The summed E-state index contributed by atoms with van der Waals surface area (Å²) in [6, 6.07) is 2.19. The van der Waals surface area contributed by atoms with Gasteiger partial charge in [-0.15, -0.1) is 0 Å². The standard InChI is InChI=1S/C9H13N3OS/c1-3-4-6(2)11-9-7(5-10)8(13)12-14-9/h6,11H,3-4H2,1-2H3,(H,12,13). The van der Waals surface area contributed by atoms with E-state index in [1.54, 1.807) is 0 Å². The van der Waals surface area contributed by atoms with Crippen molar-refractivity contribution in [3.63, 3.8) is 0 Å². The van der Waals surface area contributed by atoms with E-state index in [4.69, 9.17) is 5.26 Å². The summed E-state index contributed by atoms with van der Waals surface area (Å²) in [7, 11) is 0. The SMILES string of the molecule is CCCC(C)Nc1s[nH]c(=O)c1C#N. The number of aromatic amines is 1. The summed E-state index contributed by atoms with van der Waals surface area (Å²) in [6.07, 6.45) is 2.10. The molecule has 1 rings (SSSR count). The maximum Gasteiger partial charge on any atom is 0.278 e. The molecular formula is C9H13N3OS. The Labute approximate surface area is 86.7 Å². The molecule has 0 saturated carbocycles. The molecule has 2 N–H and O–H groups in total. The molecule has 0 bridgehead atoms. The molecular weight excluding hydrogens is 198 g/mol. The van der Waals surface area contributed by atoms with Gasteiger partial charge < -0.3 is 5.32 Å². The van der Waals surface area contributed by atoms with Crippen molar-refractivity contribution >= 4 is 16.5 Å². The van der Waals surface area contributed by atoms with Crippen LogP contribution in [0, 0.1) is 11.3 Å². The topological polar surface area (TPSA) is 68.7 Å². The summed E-state index contributed by atoms with van der Waals surface area (Å²) >= 11 is 1.18. The molecule has 0 saturated heterocycles. The van der Waals surface area contributed by atoms with Crippen LogP contribution < -0.4 is 10.9 Å². The average molecular weight is 211 g/mol. The molecule has 0 aliphatic carbocycles. The molecule has 76 valence electrons. The van der Waals surface area contributed by atoms with Gasteiger partial charge in [-0.05, 0) is 24.9 Å². The van der Waals surface area contributed by atoms with Crippen LogP contribution in [0.1, 0.15) is 32.3 Å². The van der Waals surface area contributed by atoms with Gasteiger partial charge in [0.1, 0.15) is 11.1 Å². The van der Waals surface area contributed by atoms with E-state index in [0.717, 1.165) is 12.8 Å². The fourth-order valence-corrected chi connectivity index (χ4v) is 2.03. The number of nitrogens with zero attached hydrogens (tertiary/aromatic N) is 1. The zero-order chi connectivity index (χ0) is 10.6. The van der Waals surface area contributed by atoms with Gasteiger partial charge in [-0.3, -0.25) is 9.17 Å². The normalized spacial score (nSPS) is 12.1. The van der Waals surface area contributed by atoms with Crippen LogP contribution >= 0.6 is 11.5 Å². The monoisotopic (exact) mass is 211 g/mol. The lowest BCUT2D eigenvalue weighted by molar-refractivity contribution is 0.692. The zero-order valence-electron chi connectivity index (χ0n) is 8.26. The molecule has 0 aliphatic heterocycles. The van der Waals surface area contributed by atoms with Gasteiger partial charge >= 0.3 is 0 Å². The second-order valence-corrected chi connectivity index (χ2v) is 4.00. The fourth-order valence-electron chi connectivity index (χ4n) is 1.23. The number of hydrogen-bond donors (Lipinski definition) is 2. The number of aromatic nitrogens is 1. The zero-order valence-corrected chi connectivity index (χ0v) is 9.07. The molecule has 5 heteroatoms. The molecule has 4 nitrogen and oxygen atoms in total. The van der Waals surface area contributed by atoms with Crippen LogP contribution in [0.15, 0.2) is 4.79 Å². The molecule has 0 amide bonds. The minimum Gasteiger partial charge on any atom is -0.372 e. The van der Waals surface area contributed by atoms with Gasteiger partial charge in [0.2, 0.25) is 0 Å². The first-order chi connectivity index (χ1) is 6.69. The van der Waals surface area contributed by atoms with Crippen LogP contribution in [0.3, 0.4) is 0 Å².